The molecule has 0 amide bonds. The van der Waals surface area contributed by atoms with E-state index >= 15 is 0 Å². The Morgan fingerprint density at radius 3 is 2.95 bits per heavy atom. The molecule has 2 aromatic heterocycles. The van der Waals surface area contributed by atoms with Gasteiger partial charge in [0.1, 0.15) is 0 Å². The average molecular weight is 276 g/mol. The molecule has 0 saturated carbocycles. The Morgan fingerprint density at radius 2 is 2.21 bits per heavy atom. The second kappa shape index (κ2) is 4.45. The molecule has 0 atom stereocenters. The normalized spacial score (nSPS) is 14.1. The van der Waals surface area contributed by atoms with Crippen LogP contribution in [0, 0.1) is 4.77 Å². The van der Waals surface area contributed by atoms with Gasteiger partial charge in [-0.15, -0.1) is 0 Å². The van der Waals surface area contributed by atoms with E-state index in [0.29, 0.717) is 16.2 Å². The lowest BCUT2D eigenvalue weighted by atomic mass is 10.1. The van der Waals surface area contributed by atoms with Crippen molar-refractivity contribution in [2.75, 3.05) is 0 Å². The summed E-state index contributed by atoms with van der Waals surface area (Å²) in [5, 5.41) is 6.99. The van der Waals surface area contributed by atoms with E-state index in [1.807, 2.05) is 24.5 Å². The van der Waals surface area contributed by atoms with Crippen molar-refractivity contribution >= 4 is 12.2 Å². The third kappa shape index (κ3) is 1.96. The molecule has 0 saturated heterocycles. The van der Waals surface area contributed by atoms with Crippen molar-refractivity contribution in [1.29, 1.82) is 0 Å². The summed E-state index contributed by atoms with van der Waals surface area (Å²) < 4.78 is 2.42. The largest absolute Gasteiger partial charge is 0.325 e. The summed E-state index contributed by atoms with van der Waals surface area (Å²) in [6, 6.07) is 2.12. The Balaban J connectivity index is 2.23. The zero-order chi connectivity index (χ0) is 13.6. The first kappa shape index (κ1) is 12.3. The lowest BCUT2D eigenvalue weighted by Crippen LogP contribution is -2.15. The average Bonchev–Trinajstić information content (AvgIpc) is 2.93. The smallest absolute Gasteiger partial charge is 0.259 e. The SMILES string of the molecule is CC(C)n1c(-c2cc3c([nH]c2=O)CCC3)n[nH]c1=S. The molecule has 3 rings (SSSR count). The van der Waals surface area contributed by atoms with Gasteiger partial charge in [-0.3, -0.25) is 14.5 Å². The first-order valence-electron chi connectivity index (χ1n) is 6.50. The molecule has 6 heteroatoms. The monoisotopic (exact) mass is 276 g/mol. The predicted molar refractivity (Wildman–Crippen MR) is 75.9 cm³/mol. The number of hydrogen-bond acceptors (Lipinski definition) is 3. The molecular weight excluding hydrogens is 260 g/mol. The van der Waals surface area contributed by atoms with Crippen LogP contribution in [0.2, 0.25) is 0 Å². The molecule has 100 valence electrons. The first-order valence-corrected chi connectivity index (χ1v) is 6.91. The number of hydrogen-bond donors (Lipinski definition) is 2. The Morgan fingerprint density at radius 1 is 1.42 bits per heavy atom. The van der Waals surface area contributed by atoms with Gasteiger partial charge in [0.15, 0.2) is 10.6 Å². The molecule has 0 aromatic carbocycles. The topological polar surface area (TPSA) is 66.5 Å². The van der Waals surface area contributed by atoms with Crippen LogP contribution in [0.15, 0.2) is 10.9 Å². The molecule has 5 nitrogen and oxygen atoms in total. The van der Waals surface area contributed by atoms with Crippen LogP contribution < -0.4 is 5.56 Å². The van der Waals surface area contributed by atoms with Crippen molar-refractivity contribution in [3.63, 3.8) is 0 Å². The van der Waals surface area contributed by atoms with Crippen LogP contribution in [0.4, 0.5) is 0 Å². The van der Waals surface area contributed by atoms with E-state index in [1.165, 1.54) is 5.56 Å². The van der Waals surface area contributed by atoms with Gasteiger partial charge in [-0.05, 0) is 57.0 Å². The van der Waals surface area contributed by atoms with Crippen LogP contribution in [0.1, 0.15) is 37.6 Å². The summed E-state index contributed by atoms with van der Waals surface area (Å²) in [4.78, 5) is 15.2. The molecule has 0 spiro atoms. The van der Waals surface area contributed by atoms with Crippen LogP contribution in [0.3, 0.4) is 0 Å². The fourth-order valence-corrected chi connectivity index (χ4v) is 3.00. The molecule has 0 fully saturated rings. The Kier molecular flexibility index (Phi) is 2.89. The minimum absolute atomic E-state index is 0.0865. The zero-order valence-corrected chi connectivity index (χ0v) is 11.8. The molecule has 0 radical (unpaired) electrons. The summed E-state index contributed by atoms with van der Waals surface area (Å²) >= 11 is 5.22. The maximum Gasteiger partial charge on any atom is 0.259 e. The van der Waals surface area contributed by atoms with Crippen LogP contribution in [-0.2, 0) is 12.8 Å². The van der Waals surface area contributed by atoms with E-state index < -0.39 is 0 Å². The highest BCUT2D eigenvalue weighted by molar-refractivity contribution is 7.71. The van der Waals surface area contributed by atoms with Crippen molar-refractivity contribution in [1.82, 2.24) is 19.7 Å². The second-order valence-corrected chi connectivity index (χ2v) is 5.57. The van der Waals surface area contributed by atoms with Crippen LogP contribution in [0.25, 0.3) is 11.4 Å². The maximum absolute atomic E-state index is 12.2. The number of pyridine rings is 1. The quantitative estimate of drug-likeness (QED) is 0.828. The number of fused-ring (bicyclic) bond motifs is 1. The summed E-state index contributed by atoms with van der Waals surface area (Å²) in [5.41, 5.74) is 2.80. The summed E-state index contributed by atoms with van der Waals surface area (Å²) in [7, 11) is 0. The second-order valence-electron chi connectivity index (χ2n) is 5.19. The molecule has 1 aliphatic rings. The van der Waals surface area contributed by atoms with Gasteiger partial charge in [-0.1, -0.05) is 0 Å². The van der Waals surface area contributed by atoms with Crippen LogP contribution in [-0.4, -0.2) is 19.7 Å². The highest BCUT2D eigenvalue weighted by atomic mass is 32.1. The summed E-state index contributed by atoms with van der Waals surface area (Å²) in [6.45, 7) is 4.05. The van der Waals surface area contributed by atoms with Crippen molar-refractivity contribution in [3.05, 3.63) is 32.4 Å². The van der Waals surface area contributed by atoms with Gasteiger partial charge in [0.25, 0.3) is 5.56 Å². The number of H-pyrrole nitrogens is 2. The zero-order valence-electron chi connectivity index (χ0n) is 11.0. The molecule has 1 aliphatic carbocycles. The molecule has 2 N–H and O–H groups in total. The summed E-state index contributed by atoms with van der Waals surface area (Å²) in [6.07, 6.45) is 3.08. The Bertz CT molecular complexity index is 738. The van der Waals surface area contributed by atoms with E-state index in [-0.39, 0.29) is 11.6 Å². The molecule has 19 heavy (non-hydrogen) atoms. The Labute approximate surface area is 115 Å². The molecule has 2 heterocycles. The van der Waals surface area contributed by atoms with Gasteiger partial charge in [0.05, 0.1) is 5.56 Å². The van der Waals surface area contributed by atoms with Gasteiger partial charge in [0, 0.05) is 11.7 Å². The number of nitrogens with one attached hydrogen (secondary N) is 2. The minimum Gasteiger partial charge on any atom is -0.325 e. The van der Waals surface area contributed by atoms with Gasteiger partial charge >= 0.3 is 0 Å². The number of aromatic amines is 2. The maximum atomic E-state index is 12.2. The number of aromatic nitrogens is 4. The third-order valence-corrected chi connectivity index (χ3v) is 3.84. The predicted octanol–water partition coefficient (Wildman–Crippen LogP) is 2.37. The van der Waals surface area contributed by atoms with E-state index in [9.17, 15) is 4.79 Å². The van der Waals surface area contributed by atoms with Gasteiger partial charge in [0.2, 0.25) is 0 Å². The van der Waals surface area contributed by atoms with E-state index in [0.717, 1.165) is 25.0 Å². The molecular formula is C13H16N4OS. The Hall–Kier alpha value is -1.69. The number of nitrogens with zero attached hydrogens (tertiary/aromatic N) is 2. The number of rotatable bonds is 2. The van der Waals surface area contributed by atoms with Gasteiger partial charge < -0.3 is 4.98 Å². The van der Waals surface area contributed by atoms with Crippen LogP contribution in [0.5, 0.6) is 0 Å². The highest BCUT2D eigenvalue weighted by Crippen LogP contribution is 2.24. The third-order valence-electron chi connectivity index (χ3n) is 3.55. The molecule has 0 unspecified atom stereocenters. The van der Waals surface area contributed by atoms with E-state index in [4.69, 9.17) is 12.2 Å². The van der Waals surface area contributed by atoms with Crippen molar-refractivity contribution in [3.8, 4) is 11.4 Å². The van der Waals surface area contributed by atoms with Crippen molar-refractivity contribution in [2.24, 2.45) is 0 Å². The van der Waals surface area contributed by atoms with Crippen molar-refractivity contribution < 1.29 is 0 Å². The number of aryl methyl sites for hydroxylation is 2. The van der Waals surface area contributed by atoms with Gasteiger partial charge in [-0.25, -0.2) is 0 Å². The molecule has 2 aromatic rings. The lowest BCUT2D eigenvalue weighted by molar-refractivity contribution is 0.596. The fraction of sp³-hybridized carbons (Fsp3) is 0.462. The first-order chi connectivity index (χ1) is 9.08. The van der Waals surface area contributed by atoms with E-state index in [1.54, 1.807) is 0 Å². The minimum atomic E-state index is -0.0865. The fourth-order valence-electron chi connectivity index (χ4n) is 2.65. The van der Waals surface area contributed by atoms with Crippen LogP contribution >= 0.6 is 12.2 Å². The summed E-state index contributed by atoms with van der Waals surface area (Å²) in [5.74, 6) is 0.621. The molecule has 0 bridgehead atoms. The molecule has 0 aliphatic heterocycles. The van der Waals surface area contributed by atoms with Crippen molar-refractivity contribution in [2.45, 2.75) is 39.2 Å². The van der Waals surface area contributed by atoms with E-state index in [2.05, 4.69) is 15.2 Å². The highest BCUT2D eigenvalue weighted by Gasteiger charge is 2.19. The van der Waals surface area contributed by atoms with Gasteiger partial charge in [-0.2, -0.15) is 5.10 Å². The standard InChI is InChI=1S/C13H16N4OS/c1-7(2)17-11(15-16-13(17)19)9-6-8-4-3-5-10(8)14-12(9)18/h6-7H,3-5H2,1-2H3,(H,14,18)(H,16,19). The lowest BCUT2D eigenvalue weighted by Gasteiger charge is -2.10.